The van der Waals surface area contributed by atoms with Crippen molar-refractivity contribution in [3.8, 4) is 0 Å². The van der Waals surface area contributed by atoms with Crippen molar-refractivity contribution >= 4 is 23.2 Å². The molecule has 1 unspecified atom stereocenters. The van der Waals surface area contributed by atoms with Crippen molar-refractivity contribution in [2.45, 2.75) is 6.29 Å². The number of ether oxygens (including phenoxy) is 1. The monoisotopic (exact) mass is 225 g/mol. The number of nitrogens with zero attached hydrogens (tertiary/aromatic N) is 4. The molecule has 0 fully saturated rings. The van der Waals surface area contributed by atoms with E-state index in [0.29, 0.717) is 0 Å². The van der Waals surface area contributed by atoms with Gasteiger partial charge in [0.2, 0.25) is 0 Å². The summed E-state index contributed by atoms with van der Waals surface area (Å²) in [5.41, 5.74) is 5.99. The van der Waals surface area contributed by atoms with Crippen LogP contribution in [0.1, 0.15) is 0 Å². The van der Waals surface area contributed by atoms with Crippen LogP contribution >= 0.6 is 0 Å². The fourth-order valence-corrected chi connectivity index (χ4v) is 1.30. The smallest absolute Gasteiger partial charge is 0.279 e. The SMILES string of the molecule is CN1C(=O)C2=NN=C(OCCO)C2=NC1N. The highest BCUT2D eigenvalue weighted by Crippen LogP contribution is 2.12. The maximum Gasteiger partial charge on any atom is 0.279 e. The van der Waals surface area contributed by atoms with E-state index < -0.39 is 6.29 Å². The topological polar surface area (TPSA) is 113 Å². The number of hydrogen-bond donors (Lipinski definition) is 2. The zero-order chi connectivity index (χ0) is 11.7. The van der Waals surface area contributed by atoms with Crippen molar-refractivity contribution < 1.29 is 14.6 Å². The van der Waals surface area contributed by atoms with Crippen LogP contribution in [0.2, 0.25) is 0 Å². The summed E-state index contributed by atoms with van der Waals surface area (Å²) in [5, 5.41) is 16.0. The molecule has 0 radical (unpaired) electrons. The van der Waals surface area contributed by atoms with Crippen LogP contribution in [0.5, 0.6) is 0 Å². The molecule has 2 aliphatic heterocycles. The van der Waals surface area contributed by atoms with Crippen molar-refractivity contribution in [3.05, 3.63) is 0 Å². The predicted molar refractivity (Wildman–Crippen MR) is 56.1 cm³/mol. The summed E-state index contributed by atoms with van der Waals surface area (Å²) in [5.74, 6) is -0.218. The summed E-state index contributed by atoms with van der Waals surface area (Å²) >= 11 is 0. The fraction of sp³-hybridized carbons (Fsp3) is 0.500. The first-order chi connectivity index (χ1) is 7.65. The Morgan fingerprint density at radius 1 is 1.50 bits per heavy atom. The fourth-order valence-electron chi connectivity index (χ4n) is 1.30. The van der Waals surface area contributed by atoms with Crippen LogP contribution in [0.25, 0.3) is 0 Å². The molecule has 0 aromatic heterocycles. The van der Waals surface area contributed by atoms with Gasteiger partial charge in [-0.3, -0.25) is 10.5 Å². The van der Waals surface area contributed by atoms with Crippen molar-refractivity contribution in [2.24, 2.45) is 20.9 Å². The second-order valence-corrected chi connectivity index (χ2v) is 3.23. The van der Waals surface area contributed by atoms with Gasteiger partial charge in [0.05, 0.1) is 6.61 Å². The van der Waals surface area contributed by atoms with Crippen LogP contribution in [-0.2, 0) is 9.53 Å². The van der Waals surface area contributed by atoms with E-state index in [1.54, 1.807) is 0 Å². The Balaban J connectivity index is 2.23. The second-order valence-electron chi connectivity index (χ2n) is 3.23. The van der Waals surface area contributed by atoms with Crippen LogP contribution in [0.3, 0.4) is 0 Å². The number of carbonyl (C=O) groups is 1. The molecule has 0 aliphatic carbocycles. The molecule has 3 N–H and O–H groups in total. The van der Waals surface area contributed by atoms with Crippen LogP contribution in [0.15, 0.2) is 15.2 Å². The lowest BCUT2D eigenvalue weighted by atomic mass is 10.2. The Bertz CT molecular complexity index is 414. The number of carbonyl (C=O) groups excluding carboxylic acids is 1. The Kier molecular flexibility index (Phi) is 2.67. The standard InChI is InChI=1S/C8H11N5O3/c1-13-7(15)5-4(10-8(13)9)6(12-11-5)16-3-2-14/h8,14H,2-3,9H2,1H3. The number of amides is 1. The van der Waals surface area contributed by atoms with E-state index in [-0.39, 0.29) is 36.4 Å². The third-order valence-electron chi connectivity index (χ3n) is 2.18. The molecule has 1 atom stereocenters. The predicted octanol–water partition coefficient (Wildman–Crippen LogP) is -2.08. The van der Waals surface area contributed by atoms with Crippen LogP contribution in [0, 0.1) is 0 Å². The first kappa shape index (κ1) is 10.7. The maximum absolute atomic E-state index is 11.7. The zero-order valence-corrected chi connectivity index (χ0v) is 8.62. The molecule has 0 bridgehead atoms. The van der Waals surface area contributed by atoms with Crippen LogP contribution < -0.4 is 5.73 Å². The van der Waals surface area contributed by atoms with E-state index >= 15 is 0 Å². The Labute approximate surface area is 91.1 Å². The van der Waals surface area contributed by atoms with Crippen molar-refractivity contribution in [1.29, 1.82) is 0 Å². The largest absolute Gasteiger partial charge is 0.473 e. The summed E-state index contributed by atoms with van der Waals surface area (Å²) in [6.45, 7) is -0.0819. The molecule has 86 valence electrons. The number of aliphatic hydroxyl groups excluding tert-OH is 1. The molecule has 8 heteroatoms. The van der Waals surface area contributed by atoms with Gasteiger partial charge in [-0.2, -0.15) is 0 Å². The third kappa shape index (κ3) is 1.57. The number of aliphatic hydroxyl groups is 1. The van der Waals surface area contributed by atoms with Gasteiger partial charge in [0, 0.05) is 7.05 Å². The molecule has 0 aromatic carbocycles. The molecule has 1 amide bonds. The van der Waals surface area contributed by atoms with Gasteiger partial charge >= 0.3 is 0 Å². The van der Waals surface area contributed by atoms with E-state index in [2.05, 4.69) is 15.2 Å². The molecule has 0 saturated heterocycles. The van der Waals surface area contributed by atoms with Gasteiger partial charge in [-0.25, -0.2) is 4.99 Å². The molecule has 8 nitrogen and oxygen atoms in total. The Morgan fingerprint density at radius 2 is 2.25 bits per heavy atom. The quantitative estimate of drug-likeness (QED) is 0.561. The minimum atomic E-state index is -0.762. The first-order valence-electron chi connectivity index (χ1n) is 4.65. The van der Waals surface area contributed by atoms with E-state index in [1.807, 2.05) is 0 Å². The number of hydrogen-bond acceptors (Lipinski definition) is 7. The number of nitrogens with two attached hydrogens (primary N) is 1. The molecule has 0 aromatic rings. The van der Waals surface area contributed by atoms with Gasteiger partial charge in [-0.15, -0.1) is 10.2 Å². The molecular formula is C8H11N5O3. The molecule has 2 heterocycles. The van der Waals surface area contributed by atoms with Crippen LogP contribution in [-0.4, -0.2) is 59.8 Å². The summed E-state index contributed by atoms with van der Waals surface area (Å²) < 4.78 is 5.08. The number of fused-ring (bicyclic) bond motifs is 1. The lowest BCUT2D eigenvalue weighted by molar-refractivity contribution is -0.124. The lowest BCUT2D eigenvalue weighted by Crippen LogP contribution is -2.52. The van der Waals surface area contributed by atoms with Crippen LogP contribution in [0.4, 0.5) is 0 Å². The van der Waals surface area contributed by atoms with Gasteiger partial charge in [-0.05, 0) is 0 Å². The van der Waals surface area contributed by atoms with Gasteiger partial charge in [-0.1, -0.05) is 0 Å². The summed E-state index contributed by atoms with van der Waals surface area (Å²) in [6.07, 6.45) is -0.762. The summed E-state index contributed by atoms with van der Waals surface area (Å²) in [6, 6.07) is 0. The van der Waals surface area contributed by atoms with Gasteiger partial charge in [0.25, 0.3) is 11.8 Å². The highest BCUT2D eigenvalue weighted by molar-refractivity contribution is 6.82. The molecule has 2 aliphatic rings. The molecular weight excluding hydrogens is 214 g/mol. The van der Waals surface area contributed by atoms with Crippen molar-refractivity contribution in [3.63, 3.8) is 0 Å². The van der Waals surface area contributed by atoms with Gasteiger partial charge in [0.15, 0.2) is 17.7 Å². The highest BCUT2D eigenvalue weighted by atomic mass is 16.5. The van der Waals surface area contributed by atoms with Gasteiger partial charge < -0.3 is 14.7 Å². The number of rotatable bonds is 2. The molecule has 16 heavy (non-hydrogen) atoms. The second kappa shape index (κ2) is 3.99. The van der Waals surface area contributed by atoms with E-state index in [1.165, 1.54) is 11.9 Å². The molecule has 0 spiro atoms. The average Bonchev–Trinajstić information content (AvgIpc) is 2.66. The van der Waals surface area contributed by atoms with Crippen molar-refractivity contribution in [2.75, 3.05) is 20.3 Å². The van der Waals surface area contributed by atoms with Crippen molar-refractivity contribution in [1.82, 2.24) is 4.90 Å². The molecule has 2 rings (SSSR count). The van der Waals surface area contributed by atoms with Gasteiger partial charge in [0.1, 0.15) is 6.61 Å². The minimum absolute atomic E-state index is 0.0694. The normalized spacial score (nSPS) is 23.7. The first-order valence-corrected chi connectivity index (χ1v) is 4.65. The summed E-state index contributed by atoms with van der Waals surface area (Å²) in [7, 11) is 1.53. The third-order valence-corrected chi connectivity index (χ3v) is 2.18. The number of aliphatic imine (C=N–C) groups is 1. The lowest BCUT2D eigenvalue weighted by Gasteiger charge is -2.26. The minimum Gasteiger partial charge on any atom is -0.473 e. The molecule has 0 saturated carbocycles. The van der Waals surface area contributed by atoms with E-state index in [0.717, 1.165) is 0 Å². The highest BCUT2D eigenvalue weighted by Gasteiger charge is 2.37. The van der Waals surface area contributed by atoms with E-state index in [9.17, 15) is 4.79 Å². The maximum atomic E-state index is 11.7. The zero-order valence-electron chi connectivity index (χ0n) is 8.62. The van der Waals surface area contributed by atoms with E-state index in [4.69, 9.17) is 15.6 Å². The Morgan fingerprint density at radius 3 is 2.94 bits per heavy atom. The summed E-state index contributed by atoms with van der Waals surface area (Å²) in [4.78, 5) is 17.0. The average molecular weight is 225 g/mol. The Hall–Kier alpha value is -1.80.